The molecule has 2 aromatic rings. The van der Waals surface area contributed by atoms with E-state index in [1.54, 1.807) is 29.3 Å². The van der Waals surface area contributed by atoms with Gasteiger partial charge in [-0.3, -0.25) is 9.52 Å². The van der Waals surface area contributed by atoms with Crippen molar-refractivity contribution in [2.24, 2.45) is 0 Å². The molecule has 1 aliphatic heterocycles. The van der Waals surface area contributed by atoms with Gasteiger partial charge >= 0.3 is 0 Å². The molecule has 0 bridgehead atoms. The number of aromatic nitrogens is 1. The lowest BCUT2D eigenvalue weighted by Gasteiger charge is -2.15. The second-order valence-electron chi connectivity index (χ2n) is 5.11. The van der Waals surface area contributed by atoms with Gasteiger partial charge in [-0.2, -0.15) is 0 Å². The zero-order chi connectivity index (χ0) is 15.9. The second-order valence-corrected chi connectivity index (χ2v) is 7.65. The van der Waals surface area contributed by atoms with Crippen LogP contribution in [0.4, 0.5) is 10.8 Å². The molecule has 1 aromatic carbocycles. The summed E-state index contributed by atoms with van der Waals surface area (Å²) in [6.07, 6.45) is 0.661. The van der Waals surface area contributed by atoms with Crippen LogP contribution in [0, 0.1) is 6.92 Å². The number of nitrogens with one attached hydrogen (secondary N) is 1. The third-order valence-electron chi connectivity index (χ3n) is 3.48. The normalized spacial score (nSPS) is 14.0. The fraction of sp³-hybridized carbons (Fsp3) is 0.286. The van der Waals surface area contributed by atoms with Gasteiger partial charge in [0.05, 0.1) is 10.6 Å². The van der Waals surface area contributed by atoms with E-state index < -0.39 is 10.0 Å². The predicted octanol–water partition coefficient (Wildman–Crippen LogP) is 2.16. The van der Waals surface area contributed by atoms with Gasteiger partial charge in [0.15, 0.2) is 5.13 Å². The molecule has 8 heteroatoms. The van der Waals surface area contributed by atoms with Crippen molar-refractivity contribution in [1.82, 2.24) is 4.98 Å². The summed E-state index contributed by atoms with van der Waals surface area (Å²) in [5, 5.41) is 2.13. The maximum absolute atomic E-state index is 12.4. The number of hydrogen-bond acceptors (Lipinski definition) is 5. The van der Waals surface area contributed by atoms with Gasteiger partial charge in [0, 0.05) is 24.5 Å². The van der Waals surface area contributed by atoms with Crippen molar-refractivity contribution in [1.29, 1.82) is 0 Å². The van der Waals surface area contributed by atoms with Crippen molar-refractivity contribution in [2.45, 2.75) is 25.2 Å². The number of anilines is 2. The Morgan fingerprint density at radius 2 is 2.18 bits per heavy atom. The van der Waals surface area contributed by atoms with E-state index in [9.17, 15) is 13.2 Å². The van der Waals surface area contributed by atoms with Gasteiger partial charge in [0.2, 0.25) is 5.91 Å². The van der Waals surface area contributed by atoms with Gasteiger partial charge < -0.3 is 4.90 Å². The molecule has 0 saturated carbocycles. The zero-order valence-electron chi connectivity index (χ0n) is 12.2. The number of thiazole rings is 1. The highest BCUT2D eigenvalue weighted by atomic mass is 32.2. The Kier molecular flexibility index (Phi) is 3.65. The van der Waals surface area contributed by atoms with Crippen LogP contribution >= 0.6 is 11.3 Å². The number of aryl methyl sites for hydroxylation is 1. The maximum Gasteiger partial charge on any atom is 0.263 e. The first-order chi connectivity index (χ1) is 10.4. The van der Waals surface area contributed by atoms with Crippen molar-refractivity contribution in [3.63, 3.8) is 0 Å². The zero-order valence-corrected chi connectivity index (χ0v) is 13.8. The quantitative estimate of drug-likeness (QED) is 0.931. The summed E-state index contributed by atoms with van der Waals surface area (Å²) >= 11 is 1.25. The number of rotatable bonds is 3. The van der Waals surface area contributed by atoms with E-state index in [1.807, 2.05) is 0 Å². The standard InChI is InChI=1S/C14H15N3O3S2/c1-9-8-21-14(15-9)16-22(19,20)12-3-4-13-11(7-12)5-6-17(13)10(2)18/h3-4,7-8H,5-6H2,1-2H3,(H,15,16). The third kappa shape index (κ3) is 2.71. The summed E-state index contributed by atoms with van der Waals surface area (Å²) in [6.45, 7) is 3.90. The number of hydrogen-bond donors (Lipinski definition) is 1. The molecule has 2 heterocycles. The van der Waals surface area contributed by atoms with Crippen molar-refractivity contribution in [3.8, 4) is 0 Å². The number of sulfonamides is 1. The molecular formula is C14H15N3O3S2. The van der Waals surface area contributed by atoms with Gasteiger partial charge in [0.1, 0.15) is 0 Å². The van der Waals surface area contributed by atoms with E-state index in [2.05, 4.69) is 9.71 Å². The van der Waals surface area contributed by atoms with Crippen LogP contribution in [0.25, 0.3) is 0 Å². The van der Waals surface area contributed by atoms with Crippen LogP contribution in [0.1, 0.15) is 18.2 Å². The van der Waals surface area contributed by atoms with Crippen LogP contribution in [-0.2, 0) is 21.2 Å². The molecule has 1 aromatic heterocycles. The van der Waals surface area contributed by atoms with E-state index >= 15 is 0 Å². The number of fused-ring (bicyclic) bond motifs is 1. The highest BCUT2D eigenvalue weighted by molar-refractivity contribution is 7.93. The van der Waals surface area contributed by atoms with Crippen molar-refractivity contribution < 1.29 is 13.2 Å². The molecule has 0 radical (unpaired) electrons. The molecule has 0 fully saturated rings. The Bertz CT molecular complexity index is 843. The summed E-state index contributed by atoms with van der Waals surface area (Å²) in [6, 6.07) is 4.83. The first-order valence-corrected chi connectivity index (χ1v) is 9.09. The fourth-order valence-corrected chi connectivity index (χ4v) is 4.44. The molecule has 1 N–H and O–H groups in total. The summed E-state index contributed by atoms with van der Waals surface area (Å²) in [7, 11) is -3.66. The Labute approximate surface area is 132 Å². The molecule has 6 nitrogen and oxygen atoms in total. The highest BCUT2D eigenvalue weighted by Crippen LogP contribution is 2.31. The van der Waals surface area contributed by atoms with Gasteiger partial charge in [-0.1, -0.05) is 0 Å². The van der Waals surface area contributed by atoms with Gasteiger partial charge in [0.25, 0.3) is 10.0 Å². The first kappa shape index (κ1) is 15.0. The van der Waals surface area contributed by atoms with E-state index in [0.717, 1.165) is 16.9 Å². The van der Waals surface area contributed by atoms with E-state index in [0.29, 0.717) is 18.1 Å². The van der Waals surface area contributed by atoms with Crippen LogP contribution in [0.5, 0.6) is 0 Å². The van der Waals surface area contributed by atoms with Crippen molar-refractivity contribution in [2.75, 3.05) is 16.2 Å². The summed E-state index contributed by atoms with van der Waals surface area (Å²) < 4.78 is 27.3. The summed E-state index contributed by atoms with van der Waals surface area (Å²) in [4.78, 5) is 17.5. The van der Waals surface area contributed by atoms with Gasteiger partial charge in [-0.15, -0.1) is 11.3 Å². The number of nitrogens with zero attached hydrogens (tertiary/aromatic N) is 2. The Morgan fingerprint density at radius 1 is 1.41 bits per heavy atom. The molecule has 0 unspecified atom stereocenters. The van der Waals surface area contributed by atoms with Crippen LogP contribution in [0.3, 0.4) is 0 Å². The Balaban J connectivity index is 1.91. The van der Waals surface area contributed by atoms with Gasteiger partial charge in [-0.25, -0.2) is 13.4 Å². The minimum absolute atomic E-state index is 0.0363. The molecule has 3 rings (SSSR count). The second kappa shape index (κ2) is 5.36. The smallest absolute Gasteiger partial charge is 0.263 e. The molecule has 0 spiro atoms. The van der Waals surface area contributed by atoms with Crippen LogP contribution in [0.15, 0.2) is 28.5 Å². The van der Waals surface area contributed by atoms with Crippen LogP contribution < -0.4 is 9.62 Å². The maximum atomic E-state index is 12.4. The fourth-order valence-electron chi connectivity index (χ4n) is 2.45. The number of benzene rings is 1. The topological polar surface area (TPSA) is 79.4 Å². The van der Waals surface area contributed by atoms with Crippen LogP contribution in [-0.4, -0.2) is 25.9 Å². The molecule has 116 valence electrons. The first-order valence-electron chi connectivity index (χ1n) is 6.73. The summed E-state index contributed by atoms with van der Waals surface area (Å²) in [5.41, 5.74) is 2.43. The number of amides is 1. The highest BCUT2D eigenvalue weighted by Gasteiger charge is 2.25. The largest absolute Gasteiger partial charge is 0.312 e. The molecule has 0 saturated heterocycles. The lowest BCUT2D eigenvalue weighted by Crippen LogP contribution is -2.25. The minimum atomic E-state index is -3.66. The minimum Gasteiger partial charge on any atom is -0.312 e. The van der Waals surface area contributed by atoms with Crippen molar-refractivity contribution in [3.05, 3.63) is 34.8 Å². The third-order valence-corrected chi connectivity index (χ3v) is 5.82. The number of carbonyl (C=O) groups is 1. The van der Waals surface area contributed by atoms with Crippen LogP contribution in [0.2, 0.25) is 0 Å². The molecule has 1 aliphatic rings. The molecule has 0 aliphatic carbocycles. The average Bonchev–Trinajstić information content (AvgIpc) is 3.03. The number of carbonyl (C=O) groups excluding carboxylic acids is 1. The molecule has 0 atom stereocenters. The summed E-state index contributed by atoms with van der Waals surface area (Å²) in [5.74, 6) is -0.0363. The lowest BCUT2D eigenvalue weighted by atomic mass is 10.2. The van der Waals surface area contributed by atoms with E-state index in [-0.39, 0.29) is 10.8 Å². The van der Waals surface area contributed by atoms with E-state index in [1.165, 1.54) is 24.3 Å². The lowest BCUT2D eigenvalue weighted by molar-refractivity contribution is -0.116. The Hall–Kier alpha value is -1.93. The van der Waals surface area contributed by atoms with Crippen molar-refractivity contribution >= 4 is 38.1 Å². The SMILES string of the molecule is CC(=O)N1CCc2cc(S(=O)(=O)Nc3nc(C)cs3)ccc21. The molecular weight excluding hydrogens is 322 g/mol. The predicted molar refractivity (Wildman–Crippen MR) is 85.8 cm³/mol. The molecule has 1 amide bonds. The molecule has 22 heavy (non-hydrogen) atoms. The Morgan fingerprint density at radius 3 is 2.82 bits per heavy atom. The van der Waals surface area contributed by atoms with E-state index in [4.69, 9.17) is 0 Å². The van der Waals surface area contributed by atoms with Gasteiger partial charge in [-0.05, 0) is 37.1 Å². The monoisotopic (exact) mass is 337 g/mol. The average molecular weight is 337 g/mol.